The van der Waals surface area contributed by atoms with Crippen LogP contribution in [0.1, 0.15) is 38.2 Å². The Hall–Kier alpha value is -3.13. The number of anilines is 1. The fourth-order valence-electron chi connectivity index (χ4n) is 3.25. The lowest BCUT2D eigenvalue weighted by atomic mass is 10.1. The quantitative estimate of drug-likeness (QED) is 0.294. The third kappa shape index (κ3) is 5.56. The highest BCUT2D eigenvalue weighted by Gasteiger charge is 2.37. The van der Waals surface area contributed by atoms with Crippen molar-refractivity contribution in [3.63, 3.8) is 0 Å². The molecule has 0 atom stereocenters. The lowest BCUT2D eigenvalue weighted by molar-refractivity contribution is -0.122. The Bertz CT molecular complexity index is 1030. The van der Waals surface area contributed by atoms with Crippen LogP contribution < -0.4 is 19.7 Å². The summed E-state index contributed by atoms with van der Waals surface area (Å²) >= 11 is 3.42. The number of rotatable bonds is 9. The highest BCUT2D eigenvalue weighted by Crippen LogP contribution is 2.29. The molecule has 0 aromatic heterocycles. The molecular weight excluding hydrogens is 476 g/mol. The number of imide groups is 2. The zero-order chi connectivity index (χ0) is 23.1. The molecule has 2 aromatic rings. The van der Waals surface area contributed by atoms with E-state index in [9.17, 15) is 14.4 Å². The van der Waals surface area contributed by atoms with E-state index in [2.05, 4.69) is 28.2 Å². The number of barbiturate groups is 1. The molecule has 0 bridgehead atoms. The molecule has 1 aliphatic heterocycles. The monoisotopic (exact) mass is 500 g/mol. The molecule has 1 saturated heterocycles. The van der Waals surface area contributed by atoms with Crippen molar-refractivity contribution in [1.29, 1.82) is 0 Å². The molecule has 3 rings (SSSR count). The first-order valence-electron chi connectivity index (χ1n) is 10.4. The summed E-state index contributed by atoms with van der Waals surface area (Å²) in [7, 11) is 1.52. The summed E-state index contributed by atoms with van der Waals surface area (Å²) in [5.74, 6) is -0.317. The molecule has 1 fully saturated rings. The summed E-state index contributed by atoms with van der Waals surface area (Å²) in [6.07, 6.45) is 5.72. The average molecular weight is 501 g/mol. The van der Waals surface area contributed by atoms with Crippen molar-refractivity contribution in [2.75, 3.05) is 18.6 Å². The minimum atomic E-state index is -0.802. The van der Waals surface area contributed by atoms with E-state index in [1.807, 2.05) is 6.07 Å². The van der Waals surface area contributed by atoms with E-state index in [4.69, 9.17) is 9.47 Å². The smallest absolute Gasteiger partial charge is 0.335 e. The highest BCUT2D eigenvalue weighted by molar-refractivity contribution is 9.10. The molecule has 168 valence electrons. The van der Waals surface area contributed by atoms with Crippen LogP contribution in [-0.4, -0.2) is 31.6 Å². The fraction of sp³-hybridized carbons (Fsp3) is 0.292. The van der Waals surface area contributed by atoms with Crippen LogP contribution >= 0.6 is 15.9 Å². The lowest BCUT2D eigenvalue weighted by Gasteiger charge is -2.26. The van der Waals surface area contributed by atoms with Crippen LogP contribution in [0, 0.1) is 0 Å². The van der Waals surface area contributed by atoms with Crippen molar-refractivity contribution in [3.05, 3.63) is 58.1 Å². The largest absolute Gasteiger partial charge is 0.497 e. The van der Waals surface area contributed by atoms with Gasteiger partial charge in [0.1, 0.15) is 17.1 Å². The number of nitrogens with one attached hydrogen (secondary N) is 1. The van der Waals surface area contributed by atoms with Gasteiger partial charge in [-0.25, -0.2) is 9.69 Å². The number of amides is 4. The van der Waals surface area contributed by atoms with Gasteiger partial charge in [-0.05, 0) is 55.0 Å². The van der Waals surface area contributed by atoms with Gasteiger partial charge in [0.25, 0.3) is 11.8 Å². The third-order valence-electron chi connectivity index (χ3n) is 4.96. The molecule has 2 aromatic carbocycles. The van der Waals surface area contributed by atoms with Gasteiger partial charge in [-0.15, -0.1) is 0 Å². The molecular formula is C24H25BrN2O5. The van der Waals surface area contributed by atoms with Gasteiger partial charge in [0.05, 0.1) is 19.4 Å². The van der Waals surface area contributed by atoms with Gasteiger partial charge in [-0.1, -0.05) is 42.1 Å². The molecule has 0 radical (unpaired) electrons. The second-order valence-corrected chi connectivity index (χ2v) is 8.16. The Labute approximate surface area is 195 Å². The van der Waals surface area contributed by atoms with Crippen LogP contribution in [0.5, 0.6) is 11.5 Å². The topological polar surface area (TPSA) is 84.9 Å². The predicted octanol–water partition coefficient (Wildman–Crippen LogP) is 5.08. The van der Waals surface area contributed by atoms with Crippen molar-refractivity contribution in [2.45, 2.75) is 32.6 Å². The molecule has 0 saturated carbocycles. The Kier molecular flexibility index (Phi) is 8.05. The molecule has 32 heavy (non-hydrogen) atoms. The first kappa shape index (κ1) is 23.5. The molecule has 4 amide bonds. The van der Waals surface area contributed by atoms with Crippen LogP contribution in [0.25, 0.3) is 6.08 Å². The van der Waals surface area contributed by atoms with Crippen LogP contribution in [0.4, 0.5) is 10.5 Å². The first-order valence-corrected chi connectivity index (χ1v) is 11.2. The van der Waals surface area contributed by atoms with Crippen molar-refractivity contribution < 1.29 is 23.9 Å². The maximum atomic E-state index is 13.1. The summed E-state index contributed by atoms with van der Waals surface area (Å²) in [5.41, 5.74) is 0.736. The molecule has 1 N–H and O–H groups in total. The number of halogens is 1. The van der Waals surface area contributed by atoms with E-state index in [1.165, 1.54) is 13.2 Å². The number of ether oxygens (including phenoxy) is 2. The van der Waals surface area contributed by atoms with E-state index in [0.29, 0.717) is 29.4 Å². The highest BCUT2D eigenvalue weighted by atomic mass is 79.9. The molecule has 0 aliphatic carbocycles. The van der Waals surface area contributed by atoms with Crippen molar-refractivity contribution in [3.8, 4) is 11.5 Å². The van der Waals surface area contributed by atoms with E-state index in [-0.39, 0.29) is 5.57 Å². The van der Waals surface area contributed by atoms with Crippen LogP contribution in [-0.2, 0) is 9.59 Å². The zero-order valence-electron chi connectivity index (χ0n) is 18.0. The first-order chi connectivity index (χ1) is 15.4. The fourth-order valence-corrected chi connectivity index (χ4v) is 3.63. The van der Waals surface area contributed by atoms with Gasteiger partial charge in [0.2, 0.25) is 0 Å². The van der Waals surface area contributed by atoms with Crippen molar-refractivity contribution >= 4 is 45.5 Å². The summed E-state index contributed by atoms with van der Waals surface area (Å²) in [6.45, 7) is 2.68. The van der Waals surface area contributed by atoms with E-state index < -0.39 is 17.8 Å². The van der Waals surface area contributed by atoms with Gasteiger partial charge < -0.3 is 9.47 Å². The number of benzene rings is 2. The summed E-state index contributed by atoms with van der Waals surface area (Å²) in [6, 6.07) is 11.0. The Morgan fingerprint density at radius 1 is 1.03 bits per heavy atom. The number of hydrogen-bond acceptors (Lipinski definition) is 5. The maximum Gasteiger partial charge on any atom is 0.335 e. The summed E-state index contributed by atoms with van der Waals surface area (Å²) < 4.78 is 11.8. The SMILES string of the molecule is CCCCCCOc1ccc(Br)cc1/C=C1\C(=O)NC(=O)N(c2ccc(OC)cc2)C1=O. The van der Waals surface area contributed by atoms with Gasteiger partial charge >= 0.3 is 6.03 Å². The second-order valence-electron chi connectivity index (χ2n) is 7.25. The Balaban J connectivity index is 1.89. The minimum Gasteiger partial charge on any atom is -0.497 e. The third-order valence-corrected chi connectivity index (χ3v) is 5.45. The van der Waals surface area contributed by atoms with Crippen LogP contribution in [0.2, 0.25) is 0 Å². The van der Waals surface area contributed by atoms with Gasteiger partial charge in [-0.3, -0.25) is 14.9 Å². The second kappa shape index (κ2) is 10.9. The number of carbonyl (C=O) groups is 3. The number of urea groups is 1. The average Bonchev–Trinajstić information content (AvgIpc) is 2.78. The maximum absolute atomic E-state index is 13.1. The Morgan fingerprint density at radius 3 is 2.47 bits per heavy atom. The minimum absolute atomic E-state index is 0.158. The van der Waals surface area contributed by atoms with Crippen molar-refractivity contribution in [1.82, 2.24) is 5.32 Å². The molecule has 0 unspecified atom stereocenters. The molecule has 1 heterocycles. The standard InChI is InChI=1S/C24H25BrN2O5/c1-3-4-5-6-13-32-21-12-7-17(25)14-16(21)15-20-22(28)26-24(30)27(23(20)29)18-8-10-19(31-2)11-9-18/h7-12,14-15H,3-6,13H2,1-2H3,(H,26,28,30)/b20-15+. The predicted molar refractivity (Wildman–Crippen MR) is 126 cm³/mol. The normalized spacial score (nSPS) is 15.2. The number of nitrogens with zero attached hydrogens (tertiary/aromatic N) is 1. The zero-order valence-corrected chi connectivity index (χ0v) is 19.6. The Morgan fingerprint density at radius 2 is 1.78 bits per heavy atom. The summed E-state index contributed by atoms with van der Waals surface area (Å²) in [5, 5.41) is 2.23. The summed E-state index contributed by atoms with van der Waals surface area (Å²) in [4.78, 5) is 39.0. The molecule has 0 spiro atoms. The number of hydrogen-bond donors (Lipinski definition) is 1. The number of carbonyl (C=O) groups excluding carboxylic acids is 3. The molecule has 7 nitrogen and oxygen atoms in total. The van der Waals surface area contributed by atoms with E-state index >= 15 is 0 Å². The van der Waals surface area contributed by atoms with E-state index in [0.717, 1.165) is 35.1 Å². The van der Waals surface area contributed by atoms with E-state index in [1.54, 1.807) is 36.4 Å². The number of unbranched alkanes of at least 4 members (excludes halogenated alkanes) is 3. The van der Waals surface area contributed by atoms with Crippen LogP contribution in [0.3, 0.4) is 0 Å². The molecule has 8 heteroatoms. The lowest BCUT2D eigenvalue weighted by Crippen LogP contribution is -2.54. The van der Waals surface area contributed by atoms with Crippen molar-refractivity contribution in [2.24, 2.45) is 0 Å². The molecule has 1 aliphatic rings. The van der Waals surface area contributed by atoms with Gasteiger partial charge in [0, 0.05) is 10.0 Å². The number of methoxy groups -OCH3 is 1. The van der Waals surface area contributed by atoms with Crippen LogP contribution in [0.15, 0.2) is 52.5 Å². The van der Waals surface area contributed by atoms with Gasteiger partial charge in [-0.2, -0.15) is 0 Å². The van der Waals surface area contributed by atoms with Gasteiger partial charge in [0.15, 0.2) is 0 Å².